The molecule has 13 aromatic carbocycles. The largest absolute Gasteiger partial charge is 0.356 e. The molecule has 0 bridgehead atoms. The molecule has 0 saturated heterocycles. The van der Waals surface area contributed by atoms with Crippen LogP contribution in [0.25, 0.3) is 86.9 Å². The summed E-state index contributed by atoms with van der Waals surface area (Å²) in [5, 5.41) is 18.5. The zero-order valence-corrected chi connectivity index (χ0v) is 37.4. The van der Waals surface area contributed by atoms with E-state index in [2.05, 4.69) is 283 Å². The van der Waals surface area contributed by atoms with Crippen LogP contribution in [0.3, 0.4) is 0 Å². The molecule has 2 heteroatoms. The predicted molar refractivity (Wildman–Crippen MR) is 293 cm³/mol. The quantitative estimate of drug-likeness (QED) is 0.161. The third-order valence-corrected chi connectivity index (χ3v) is 13.2. The average Bonchev–Trinajstić information content (AvgIpc) is 3.41. The van der Waals surface area contributed by atoms with Crippen molar-refractivity contribution in [2.75, 3.05) is 10.2 Å². The summed E-state index contributed by atoms with van der Waals surface area (Å²) in [6, 6.07) is 98.3. The van der Waals surface area contributed by atoms with Gasteiger partial charge in [0.2, 0.25) is 0 Å². The van der Waals surface area contributed by atoms with Crippen LogP contribution >= 0.6 is 0 Å². The van der Waals surface area contributed by atoms with E-state index in [9.17, 15) is 0 Å². The third kappa shape index (κ3) is 7.74. The first-order valence-corrected chi connectivity index (χ1v) is 23.3. The minimum atomic E-state index is 1.05. The van der Waals surface area contributed by atoms with E-state index in [4.69, 9.17) is 0 Å². The van der Waals surface area contributed by atoms with E-state index in [1.165, 1.54) is 86.9 Å². The zero-order valence-electron chi connectivity index (χ0n) is 37.4. The Bertz CT molecular complexity index is 3880. The number of hydrogen-bond donors (Lipinski definition) is 1. The van der Waals surface area contributed by atoms with E-state index in [-0.39, 0.29) is 0 Å². The number of fused-ring (bicyclic) bond motifs is 6. The van der Waals surface area contributed by atoms with Crippen molar-refractivity contribution >= 4 is 93.1 Å². The van der Waals surface area contributed by atoms with Gasteiger partial charge in [0.05, 0.1) is 5.69 Å². The number of nitrogens with zero attached hydrogens (tertiary/aromatic N) is 1. The molecule has 13 rings (SSSR count). The van der Waals surface area contributed by atoms with E-state index in [0.29, 0.717) is 0 Å². The molecular weight excluding hydrogens is 821 g/mol. The standard InChI is InChI=1S/C56H38N2.C10H8/c1-3-20-45(21-4-1)57-46-30-32-50-52(36-46)55(43-28-26-38-14-7-9-17-41(38)34-43)51-33-31-48(37-53(51)56(50)44-29-27-39-15-8-10-18-42(39)35-44)58(47-22-5-2-6-23-47)54-25-13-19-40-16-11-12-24-49(40)54;1-2-6-10-8-4-3-7-9(10)5-1/h1-37,57H;1-8H. The molecule has 0 amide bonds. The number of anilines is 5. The Hall–Kier alpha value is -8.98. The monoisotopic (exact) mass is 866 g/mol. The lowest BCUT2D eigenvalue weighted by Gasteiger charge is -2.28. The van der Waals surface area contributed by atoms with E-state index in [0.717, 1.165) is 28.4 Å². The highest BCUT2D eigenvalue weighted by Gasteiger charge is 2.22. The smallest absolute Gasteiger partial charge is 0.0540 e. The summed E-state index contributed by atoms with van der Waals surface area (Å²) in [6.07, 6.45) is 0. The molecule has 0 aliphatic carbocycles. The van der Waals surface area contributed by atoms with Crippen LogP contribution in [-0.2, 0) is 0 Å². The molecule has 0 atom stereocenters. The zero-order chi connectivity index (χ0) is 45.2. The van der Waals surface area contributed by atoms with Gasteiger partial charge in [-0.1, -0.05) is 206 Å². The molecule has 0 aliphatic heterocycles. The number of benzene rings is 13. The van der Waals surface area contributed by atoms with E-state index in [1.54, 1.807) is 0 Å². The van der Waals surface area contributed by atoms with Gasteiger partial charge in [-0.25, -0.2) is 0 Å². The Balaban J connectivity index is 0.000000425. The van der Waals surface area contributed by atoms with Crippen LogP contribution in [-0.4, -0.2) is 0 Å². The summed E-state index contributed by atoms with van der Waals surface area (Å²) in [5.74, 6) is 0. The number of rotatable bonds is 7. The van der Waals surface area contributed by atoms with Gasteiger partial charge in [-0.3, -0.25) is 0 Å². The van der Waals surface area contributed by atoms with Crippen LogP contribution in [0.4, 0.5) is 28.4 Å². The summed E-state index contributed by atoms with van der Waals surface area (Å²) in [4.78, 5) is 2.42. The lowest BCUT2D eigenvalue weighted by atomic mass is 9.84. The second-order valence-electron chi connectivity index (χ2n) is 17.4. The Morgan fingerprint density at radius 2 is 0.691 bits per heavy atom. The van der Waals surface area contributed by atoms with Gasteiger partial charge < -0.3 is 10.2 Å². The van der Waals surface area contributed by atoms with Crippen molar-refractivity contribution in [2.24, 2.45) is 0 Å². The van der Waals surface area contributed by atoms with Crippen molar-refractivity contribution in [1.29, 1.82) is 0 Å². The molecule has 0 aromatic heterocycles. The van der Waals surface area contributed by atoms with Crippen molar-refractivity contribution in [1.82, 2.24) is 0 Å². The first kappa shape index (κ1) is 40.5. The van der Waals surface area contributed by atoms with E-state index >= 15 is 0 Å². The summed E-state index contributed by atoms with van der Waals surface area (Å²) >= 11 is 0. The molecule has 0 spiro atoms. The number of para-hydroxylation sites is 2. The molecule has 2 nitrogen and oxygen atoms in total. The van der Waals surface area contributed by atoms with Crippen LogP contribution in [0.15, 0.2) is 273 Å². The maximum absolute atomic E-state index is 3.70. The molecule has 68 heavy (non-hydrogen) atoms. The fourth-order valence-corrected chi connectivity index (χ4v) is 9.97. The highest BCUT2D eigenvalue weighted by atomic mass is 15.1. The highest BCUT2D eigenvalue weighted by molar-refractivity contribution is 6.23. The number of nitrogens with one attached hydrogen (secondary N) is 1. The first-order chi connectivity index (χ1) is 33.7. The van der Waals surface area contributed by atoms with Crippen LogP contribution < -0.4 is 10.2 Å². The Labute approximate surface area is 396 Å². The Kier molecular flexibility index (Phi) is 10.6. The Morgan fingerprint density at radius 3 is 1.28 bits per heavy atom. The van der Waals surface area contributed by atoms with Gasteiger partial charge in [-0.15, -0.1) is 0 Å². The lowest BCUT2D eigenvalue weighted by Crippen LogP contribution is -2.10. The summed E-state index contributed by atoms with van der Waals surface area (Å²) in [7, 11) is 0. The van der Waals surface area contributed by atoms with Crippen molar-refractivity contribution in [3.05, 3.63) is 273 Å². The van der Waals surface area contributed by atoms with Crippen molar-refractivity contribution in [3.8, 4) is 22.3 Å². The minimum Gasteiger partial charge on any atom is -0.356 e. The van der Waals surface area contributed by atoms with Gasteiger partial charge in [0.25, 0.3) is 0 Å². The van der Waals surface area contributed by atoms with Crippen LogP contribution in [0.2, 0.25) is 0 Å². The second-order valence-corrected chi connectivity index (χ2v) is 17.4. The SMILES string of the molecule is c1ccc(Nc2ccc3c(-c4ccc5ccccc5c4)c4cc(N(c5ccccc5)c5cccc6ccccc56)ccc4c(-c4ccc5ccccc5c4)c3c2)cc1.c1ccc2ccccc2c1. The predicted octanol–water partition coefficient (Wildman–Crippen LogP) is 18.8. The number of hydrogen-bond acceptors (Lipinski definition) is 2. The molecule has 0 saturated carbocycles. The summed E-state index contributed by atoms with van der Waals surface area (Å²) in [5.41, 5.74) is 10.3. The molecule has 0 heterocycles. The molecule has 1 N–H and O–H groups in total. The van der Waals surface area contributed by atoms with E-state index < -0.39 is 0 Å². The van der Waals surface area contributed by atoms with E-state index in [1.807, 2.05) is 0 Å². The lowest BCUT2D eigenvalue weighted by molar-refractivity contribution is 1.30. The molecule has 0 unspecified atom stereocenters. The van der Waals surface area contributed by atoms with Crippen LogP contribution in [0.5, 0.6) is 0 Å². The van der Waals surface area contributed by atoms with Crippen molar-refractivity contribution in [2.45, 2.75) is 0 Å². The second kappa shape index (κ2) is 17.8. The minimum absolute atomic E-state index is 1.05. The molecule has 0 aliphatic rings. The van der Waals surface area contributed by atoms with Crippen LogP contribution in [0, 0.1) is 0 Å². The molecule has 13 aromatic rings. The highest BCUT2D eigenvalue weighted by Crippen LogP contribution is 2.48. The average molecular weight is 867 g/mol. The van der Waals surface area contributed by atoms with Crippen molar-refractivity contribution < 1.29 is 0 Å². The van der Waals surface area contributed by atoms with Gasteiger partial charge in [0.1, 0.15) is 0 Å². The fraction of sp³-hybridized carbons (Fsp3) is 0. The fourth-order valence-electron chi connectivity index (χ4n) is 9.97. The van der Waals surface area contributed by atoms with Gasteiger partial charge in [0.15, 0.2) is 0 Å². The van der Waals surface area contributed by atoms with Gasteiger partial charge >= 0.3 is 0 Å². The summed E-state index contributed by atoms with van der Waals surface area (Å²) < 4.78 is 0. The van der Waals surface area contributed by atoms with Crippen molar-refractivity contribution in [3.63, 3.8) is 0 Å². The topological polar surface area (TPSA) is 15.3 Å². The molecule has 0 fully saturated rings. The van der Waals surface area contributed by atoms with Gasteiger partial charge in [-0.2, -0.15) is 0 Å². The van der Waals surface area contributed by atoms with Gasteiger partial charge in [0, 0.05) is 28.1 Å². The normalized spacial score (nSPS) is 11.2. The first-order valence-electron chi connectivity index (χ1n) is 23.3. The van der Waals surface area contributed by atoms with Gasteiger partial charge in [-0.05, 0) is 148 Å². The third-order valence-electron chi connectivity index (χ3n) is 13.2. The molecule has 0 radical (unpaired) electrons. The van der Waals surface area contributed by atoms with Crippen LogP contribution in [0.1, 0.15) is 0 Å². The Morgan fingerprint density at radius 1 is 0.235 bits per heavy atom. The maximum Gasteiger partial charge on any atom is 0.0540 e. The summed E-state index contributed by atoms with van der Waals surface area (Å²) in [6.45, 7) is 0. The maximum atomic E-state index is 3.70. The molecular formula is C66H46N2. The molecule has 320 valence electrons.